The maximum Gasteiger partial charge on any atom is 0.145 e. The van der Waals surface area contributed by atoms with Crippen LogP contribution in [0.4, 0.5) is 11.5 Å². The van der Waals surface area contributed by atoms with E-state index < -0.39 is 0 Å². The molecule has 2 N–H and O–H groups in total. The van der Waals surface area contributed by atoms with Gasteiger partial charge in [0.05, 0.1) is 19.2 Å². The molecule has 0 amide bonds. The molecule has 0 aliphatic carbocycles. The molecule has 0 saturated heterocycles. The number of aromatic nitrogens is 2. The number of benzene rings is 2. The molecule has 3 aromatic rings. The Morgan fingerprint density at radius 3 is 2.58 bits per heavy atom. The lowest BCUT2D eigenvalue weighted by Gasteiger charge is -2.21. The van der Waals surface area contributed by atoms with Gasteiger partial charge >= 0.3 is 0 Å². The summed E-state index contributed by atoms with van der Waals surface area (Å²) in [4.78, 5) is 11.5. The normalized spacial score (nSPS) is 10.9. The predicted molar refractivity (Wildman–Crippen MR) is 104 cm³/mol. The van der Waals surface area contributed by atoms with Crippen molar-refractivity contribution in [2.45, 2.75) is 13.0 Å². The SMILES string of the molecule is COc1ccc(N(C)c2nc(CNCCCO)nc3ccccc23)cc1. The lowest BCUT2D eigenvalue weighted by molar-refractivity contribution is 0.286. The maximum absolute atomic E-state index is 8.90. The molecule has 6 heteroatoms. The van der Waals surface area contributed by atoms with Crippen LogP contribution in [0.5, 0.6) is 5.75 Å². The Morgan fingerprint density at radius 1 is 1.08 bits per heavy atom. The Kier molecular flexibility index (Phi) is 5.99. The second kappa shape index (κ2) is 8.60. The van der Waals surface area contributed by atoms with Crippen LogP contribution < -0.4 is 15.0 Å². The van der Waals surface area contributed by atoms with Gasteiger partial charge in [-0.3, -0.25) is 0 Å². The van der Waals surface area contributed by atoms with Crippen molar-refractivity contribution in [1.29, 1.82) is 0 Å². The van der Waals surface area contributed by atoms with E-state index in [9.17, 15) is 0 Å². The van der Waals surface area contributed by atoms with E-state index >= 15 is 0 Å². The number of para-hydroxylation sites is 1. The third kappa shape index (κ3) is 4.09. The van der Waals surface area contributed by atoms with Crippen LogP contribution in [-0.2, 0) is 6.54 Å². The maximum atomic E-state index is 8.90. The minimum atomic E-state index is 0.178. The monoisotopic (exact) mass is 352 g/mol. The van der Waals surface area contributed by atoms with Gasteiger partial charge in [-0.05, 0) is 49.4 Å². The lowest BCUT2D eigenvalue weighted by Crippen LogP contribution is -2.19. The number of aliphatic hydroxyl groups excluding tert-OH is 1. The Hall–Kier alpha value is -2.70. The number of fused-ring (bicyclic) bond motifs is 1. The van der Waals surface area contributed by atoms with E-state index in [0.29, 0.717) is 13.0 Å². The summed E-state index contributed by atoms with van der Waals surface area (Å²) in [6.45, 7) is 1.47. The van der Waals surface area contributed by atoms with Crippen LogP contribution in [0, 0.1) is 0 Å². The summed E-state index contributed by atoms with van der Waals surface area (Å²) < 4.78 is 5.24. The van der Waals surface area contributed by atoms with Gasteiger partial charge in [0.15, 0.2) is 0 Å². The molecule has 0 fully saturated rings. The third-order valence-electron chi connectivity index (χ3n) is 4.20. The molecule has 0 aliphatic heterocycles. The number of aliphatic hydroxyl groups is 1. The summed E-state index contributed by atoms with van der Waals surface area (Å²) in [6, 6.07) is 15.9. The van der Waals surface area contributed by atoms with Crippen molar-refractivity contribution in [3.05, 3.63) is 54.4 Å². The molecular formula is C20H24N4O2. The molecule has 0 saturated carbocycles. The number of hydrogen-bond acceptors (Lipinski definition) is 6. The second-order valence-corrected chi connectivity index (χ2v) is 5.99. The van der Waals surface area contributed by atoms with E-state index in [1.54, 1.807) is 7.11 Å². The second-order valence-electron chi connectivity index (χ2n) is 5.99. The smallest absolute Gasteiger partial charge is 0.145 e. The minimum absolute atomic E-state index is 0.178. The van der Waals surface area contributed by atoms with Gasteiger partial charge in [-0.2, -0.15) is 0 Å². The summed E-state index contributed by atoms with van der Waals surface area (Å²) in [6.07, 6.45) is 0.714. The summed E-state index contributed by atoms with van der Waals surface area (Å²) in [5.74, 6) is 2.42. The largest absolute Gasteiger partial charge is 0.497 e. The summed E-state index contributed by atoms with van der Waals surface area (Å²) in [5.41, 5.74) is 1.94. The molecule has 0 aliphatic rings. The van der Waals surface area contributed by atoms with Crippen LogP contribution in [0.15, 0.2) is 48.5 Å². The first-order valence-electron chi connectivity index (χ1n) is 8.68. The fourth-order valence-corrected chi connectivity index (χ4v) is 2.77. The highest BCUT2D eigenvalue weighted by atomic mass is 16.5. The van der Waals surface area contributed by atoms with E-state index in [4.69, 9.17) is 14.8 Å². The van der Waals surface area contributed by atoms with Crippen molar-refractivity contribution in [1.82, 2.24) is 15.3 Å². The van der Waals surface area contributed by atoms with Crippen molar-refractivity contribution in [2.75, 3.05) is 32.2 Å². The van der Waals surface area contributed by atoms with Crippen molar-refractivity contribution in [3.63, 3.8) is 0 Å². The average Bonchev–Trinajstić information content (AvgIpc) is 2.70. The highest BCUT2D eigenvalue weighted by Gasteiger charge is 2.13. The van der Waals surface area contributed by atoms with E-state index in [-0.39, 0.29) is 6.61 Å². The van der Waals surface area contributed by atoms with E-state index in [1.165, 1.54) is 0 Å². The van der Waals surface area contributed by atoms with Crippen LogP contribution in [0.3, 0.4) is 0 Å². The van der Waals surface area contributed by atoms with E-state index in [0.717, 1.165) is 40.5 Å². The zero-order valence-electron chi connectivity index (χ0n) is 15.1. The van der Waals surface area contributed by atoms with Gasteiger partial charge < -0.3 is 20.1 Å². The molecule has 0 unspecified atom stereocenters. The molecular weight excluding hydrogens is 328 g/mol. The standard InChI is InChI=1S/C20H24N4O2/c1-24(15-8-10-16(26-2)11-9-15)20-17-6-3-4-7-18(17)22-19(23-20)14-21-12-5-13-25/h3-4,6-11,21,25H,5,12-14H2,1-2H3. The first-order valence-corrected chi connectivity index (χ1v) is 8.68. The van der Waals surface area contributed by atoms with Crippen molar-refractivity contribution < 1.29 is 9.84 Å². The number of rotatable bonds is 8. The first-order chi connectivity index (χ1) is 12.7. The van der Waals surface area contributed by atoms with Crippen LogP contribution >= 0.6 is 0 Å². The Bertz CT molecular complexity index is 852. The minimum Gasteiger partial charge on any atom is -0.497 e. The number of nitrogens with zero attached hydrogens (tertiary/aromatic N) is 3. The van der Waals surface area contributed by atoms with Crippen molar-refractivity contribution >= 4 is 22.4 Å². The highest BCUT2D eigenvalue weighted by molar-refractivity contribution is 5.91. The number of ether oxygens (including phenoxy) is 1. The van der Waals surface area contributed by atoms with E-state index in [2.05, 4.69) is 15.2 Å². The topological polar surface area (TPSA) is 70.5 Å². The third-order valence-corrected chi connectivity index (χ3v) is 4.20. The molecule has 2 aromatic carbocycles. The van der Waals surface area contributed by atoms with Gasteiger partial charge in [0, 0.05) is 24.7 Å². The highest BCUT2D eigenvalue weighted by Crippen LogP contribution is 2.29. The molecule has 3 rings (SSSR count). The lowest BCUT2D eigenvalue weighted by atomic mass is 10.2. The van der Waals surface area contributed by atoms with Crippen molar-refractivity contribution in [3.8, 4) is 5.75 Å². The van der Waals surface area contributed by atoms with Gasteiger partial charge in [-0.1, -0.05) is 12.1 Å². The predicted octanol–water partition coefficient (Wildman–Crippen LogP) is 2.88. The summed E-state index contributed by atoms with van der Waals surface area (Å²) in [7, 11) is 3.66. The fourth-order valence-electron chi connectivity index (χ4n) is 2.77. The summed E-state index contributed by atoms with van der Waals surface area (Å²) >= 11 is 0. The van der Waals surface area contributed by atoms with Gasteiger partial charge in [-0.15, -0.1) is 0 Å². The molecule has 1 heterocycles. The average molecular weight is 352 g/mol. The van der Waals surface area contributed by atoms with Gasteiger partial charge in [0.25, 0.3) is 0 Å². The van der Waals surface area contributed by atoms with E-state index in [1.807, 2.05) is 55.6 Å². The van der Waals surface area contributed by atoms with Crippen LogP contribution in [-0.4, -0.2) is 42.4 Å². The fraction of sp³-hybridized carbons (Fsp3) is 0.300. The van der Waals surface area contributed by atoms with Crippen LogP contribution in [0.1, 0.15) is 12.2 Å². The molecule has 6 nitrogen and oxygen atoms in total. The molecule has 26 heavy (non-hydrogen) atoms. The number of nitrogens with one attached hydrogen (secondary N) is 1. The molecule has 0 spiro atoms. The Balaban J connectivity index is 1.93. The quantitative estimate of drug-likeness (QED) is 0.608. The van der Waals surface area contributed by atoms with Gasteiger partial charge in [0.1, 0.15) is 17.4 Å². The Labute approximate surface area is 153 Å². The summed E-state index contributed by atoms with van der Waals surface area (Å²) in [5, 5.41) is 13.2. The Morgan fingerprint density at radius 2 is 1.85 bits per heavy atom. The first kappa shape index (κ1) is 18.1. The number of hydrogen-bond donors (Lipinski definition) is 2. The zero-order valence-corrected chi connectivity index (χ0v) is 15.1. The van der Waals surface area contributed by atoms with Crippen LogP contribution in [0.2, 0.25) is 0 Å². The number of methoxy groups -OCH3 is 1. The molecule has 136 valence electrons. The van der Waals surface area contributed by atoms with Gasteiger partial charge in [0.2, 0.25) is 0 Å². The molecule has 0 atom stereocenters. The zero-order chi connectivity index (χ0) is 18.4. The molecule has 0 radical (unpaired) electrons. The van der Waals surface area contributed by atoms with Gasteiger partial charge in [-0.25, -0.2) is 9.97 Å². The number of anilines is 2. The van der Waals surface area contributed by atoms with Crippen molar-refractivity contribution in [2.24, 2.45) is 0 Å². The van der Waals surface area contributed by atoms with Crippen LogP contribution in [0.25, 0.3) is 10.9 Å². The molecule has 1 aromatic heterocycles. The molecule has 0 bridgehead atoms.